The molecule has 2 heterocycles. The van der Waals surface area contributed by atoms with Crippen molar-refractivity contribution < 1.29 is 4.79 Å². The van der Waals surface area contributed by atoms with E-state index in [4.69, 9.17) is 0 Å². The van der Waals surface area contributed by atoms with E-state index in [1.165, 1.54) is 0 Å². The zero-order valence-corrected chi connectivity index (χ0v) is 14.5. The van der Waals surface area contributed by atoms with Gasteiger partial charge in [-0.25, -0.2) is 9.48 Å². The van der Waals surface area contributed by atoms with Crippen molar-refractivity contribution in [3.63, 3.8) is 0 Å². The summed E-state index contributed by atoms with van der Waals surface area (Å²) < 4.78 is 3.34. The third kappa shape index (κ3) is 2.96. The Labute approximate surface area is 141 Å². The first kappa shape index (κ1) is 16.4. The van der Waals surface area contributed by atoms with Crippen molar-refractivity contribution in [2.45, 2.75) is 26.7 Å². The van der Waals surface area contributed by atoms with Crippen LogP contribution in [0.4, 0.5) is 10.5 Å². The molecule has 1 aromatic heterocycles. The minimum Gasteiger partial charge on any atom is -0.325 e. The van der Waals surface area contributed by atoms with E-state index >= 15 is 0 Å². The summed E-state index contributed by atoms with van der Waals surface area (Å²) in [4.78, 5) is 27.1. The molecule has 6 nitrogen and oxygen atoms in total. The van der Waals surface area contributed by atoms with Gasteiger partial charge in [0.25, 0.3) is 5.56 Å². The van der Waals surface area contributed by atoms with Gasteiger partial charge in [-0.15, -0.1) is 0 Å². The number of aromatic nitrogens is 2. The lowest BCUT2D eigenvalue weighted by Crippen LogP contribution is -2.41. The molecule has 1 fully saturated rings. The van der Waals surface area contributed by atoms with Gasteiger partial charge in [-0.05, 0) is 37.8 Å². The quantitative estimate of drug-likeness (QED) is 0.921. The van der Waals surface area contributed by atoms with Crippen LogP contribution < -0.4 is 10.9 Å². The molecule has 1 saturated heterocycles. The van der Waals surface area contributed by atoms with Crippen LogP contribution in [0.5, 0.6) is 0 Å². The first-order valence-corrected chi connectivity index (χ1v) is 8.39. The SMILES string of the molecule is Cc1c(NC(=O)N2CCC(C)CC2)c(=O)n(-c2ccccc2)n1C. The number of para-hydroxylation sites is 1. The van der Waals surface area contributed by atoms with Crippen molar-refractivity contribution in [1.29, 1.82) is 0 Å². The second kappa shape index (κ2) is 6.55. The van der Waals surface area contributed by atoms with E-state index in [0.29, 0.717) is 11.6 Å². The molecular formula is C18H24N4O2. The largest absolute Gasteiger partial charge is 0.325 e. The van der Waals surface area contributed by atoms with E-state index in [1.54, 1.807) is 14.3 Å². The maximum absolute atomic E-state index is 12.8. The van der Waals surface area contributed by atoms with Gasteiger partial charge in [0.1, 0.15) is 5.69 Å². The molecule has 0 saturated carbocycles. The van der Waals surface area contributed by atoms with E-state index in [-0.39, 0.29) is 11.6 Å². The minimum absolute atomic E-state index is 0.187. The predicted molar refractivity (Wildman–Crippen MR) is 94.7 cm³/mol. The molecule has 1 aliphatic rings. The standard InChI is InChI=1S/C18H24N4O2/c1-13-9-11-21(12-10-13)18(24)19-16-14(2)20(3)22(17(16)23)15-7-5-4-6-8-15/h4-8,13H,9-12H2,1-3H3,(H,19,24). The number of benzene rings is 1. The molecule has 6 heteroatoms. The highest BCUT2D eigenvalue weighted by Gasteiger charge is 2.23. The summed E-state index contributed by atoms with van der Waals surface area (Å²) in [5.41, 5.74) is 1.66. The summed E-state index contributed by atoms with van der Waals surface area (Å²) in [7, 11) is 1.82. The van der Waals surface area contributed by atoms with Crippen LogP contribution in [0.25, 0.3) is 5.69 Å². The highest BCUT2D eigenvalue weighted by molar-refractivity contribution is 5.89. The number of piperidine rings is 1. The van der Waals surface area contributed by atoms with Gasteiger partial charge in [0.15, 0.2) is 0 Å². The van der Waals surface area contributed by atoms with Crippen molar-refractivity contribution >= 4 is 11.7 Å². The summed E-state index contributed by atoms with van der Waals surface area (Å²) >= 11 is 0. The van der Waals surface area contributed by atoms with E-state index in [9.17, 15) is 9.59 Å². The zero-order valence-electron chi connectivity index (χ0n) is 14.5. The summed E-state index contributed by atoms with van der Waals surface area (Å²) in [6.45, 7) is 5.53. The Hall–Kier alpha value is -2.50. The third-order valence-electron chi connectivity index (χ3n) is 4.86. The first-order valence-electron chi connectivity index (χ1n) is 8.39. The Kier molecular flexibility index (Phi) is 4.46. The number of nitrogens with one attached hydrogen (secondary N) is 1. The maximum Gasteiger partial charge on any atom is 0.322 e. The molecule has 1 aliphatic heterocycles. The molecule has 24 heavy (non-hydrogen) atoms. The van der Waals surface area contributed by atoms with Crippen LogP contribution in [0.3, 0.4) is 0 Å². The number of likely N-dealkylation sites (tertiary alicyclic amines) is 1. The van der Waals surface area contributed by atoms with Crippen LogP contribution in [0.15, 0.2) is 35.1 Å². The van der Waals surface area contributed by atoms with Crippen LogP contribution in [0, 0.1) is 12.8 Å². The van der Waals surface area contributed by atoms with E-state index in [0.717, 1.165) is 37.3 Å². The van der Waals surface area contributed by atoms with E-state index < -0.39 is 0 Å². The topological polar surface area (TPSA) is 59.3 Å². The fourth-order valence-corrected chi connectivity index (χ4v) is 3.11. The lowest BCUT2D eigenvalue weighted by molar-refractivity contribution is 0.186. The maximum atomic E-state index is 12.8. The Morgan fingerprint density at radius 2 is 1.79 bits per heavy atom. The number of anilines is 1. The van der Waals surface area contributed by atoms with Crippen molar-refractivity contribution in [1.82, 2.24) is 14.3 Å². The van der Waals surface area contributed by atoms with E-state index in [2.05, 4.69) is 12.2 Å². The number of carbonyl (C=O) groups is 1. The molecule has 1 N–H and O–H groups in total. The molecule has 3 rings (SSSR count). The molecule has 128 valence electrons. The second-order valence-corrected chi connectivity index (χ2v) is 6.54. The van der Waals surface area contributed by atoms with Gasteiger partial charge < -0.3 is 10.2 Å². The fraction of sp³-hybridized carbons (Fsp3) is 0.444. The zero-order chi connectivity index (χ0) is 17.3. The van der Waals surface area contributed by atoms with Gasteiger partial charge in [-0.1, -0.05) is 25.1 Å². The van der Waals surface area contributed by atoms with Gasteiger partial charge in [0.2, 0.25) is 0 Å². The molecule has 1 aromatic carbocycles. The van der Waals surface area contributed by atoms with Gasteiger partial charge in [-0.2, -0.15) is 0 Å². The van der Waals surface area contributed by atoms with Gasteiger partial charge in [0, 0.05) is 20.1 Å². The first-order chi connectivity index (χ1) is 11.5. The Morgan fingerprint density at radius 1 is 1.17 bits per heavy atom. The summed E-state index contributed by atoms with van der Waals surface area (Å²) in [6.07, 6.45) is 2.02. The predicted octanol–water partition coefficient (Wildman–Crippen LogP) is 2.75. The number of nitrogens with zero attached hydrogens (tertiary/aromatic N) is 3. The number of hydrogen-bond acceptors (Lipinski definition) is 2. The van der Waals surface area contributed by atoms with Gasteiger partial charge >= 0.3 is 6.03 Å². The van der Waals surface area contributed by atoms with Gasteiger partial charge in [-0.3, -0.25) is 9.48 Å². The van der Waals surface area contributed by atoms with Crippen LogP contribution in [-0.2, 0) is 7.05 Å². The number of carbonyl (C=O) groups excluding carboxylic acids is 1. The van der Waals surface area contributed by atoms with Crippen LogP contribution in [0.2, 0.25) is 0 Å². The molecule has 0 bridgehead atoms. The molecule has 0 spiro atoms. The molecule has 0 atom stereocenters. The molecule has 0 aliphatic carbocycles. The van der Waals surface area contributed by atoms with Crippen LogP contribution in [0.1, 0.15) is 25.5 Å². The highest BCUT2D eigenvalue weighted by atomic mass is 16.2. The number of amides is 2. The van der Waals surface area contributed by atoms with Gasteiger partial charge in [0.05, 0.1) is 11.4 Å². The molecule has 2 aromatic rings. The Bertz CT molecular complexity index is 783. The van der Waals surface area contributed by atoms with E-state index in [1.807, 2.05) is 44.3 Å². The second-order valence-electron chi connectivity index (χ2n) is 6.54. The number of rotatable bonds is 2. The van der Waals surface area contributed by atoms with Crippen molar-refractivity contribution in [2.24, 2.45) is 13.0 Å². The van der Waals surface area contributed by atoms with Crippen molar-refractivity contribution in [2.75, 3.05) is 18.4 Å². The van der Waals surface area contributed by atoms with Crippen LogP contribution >= 0.6 is 0 Å². The summed E-state index contributed by atoms with van der Waals surface area (Å²) in [5.74, 6) is 0.655. The van der Waals surface area contributed by atoms with Crippen molar-refractivity contribution in [3.8, 4) is 5.69 Å². The lowest BCUT2D eigenvalue weighted by Gasteiger charge is -2.30. The average Bonchev–Trinajstić information content (AvgIpc) is 2.80. The highest BCUT2D eigenvalue weighted by Crippen LogP contribution is 2.18. The lowest BCUT2D eigenvalue weighted by atomic mass is 10.00. The Morgan fingerprint density at radius 3 is 2.42 bits per heavy atom. The monoisotopic (exact) mass is 328 g/mol. The Balaban J connectivity index is 1.87. The van der Waals surface area contributed by atoms with Crippen molar-refractivity contribution in [3.05, 3.63) is 46.4 Å². The average molecular weight is 328 g/mol. The minimum atomic E-state index is -0.208. The number of urea groups is 1. The summed E-state index contributed by atoms with van der Waals surface area (Å²) in [6, 6.07) is 9.24. The summed E-state index contributed by atoms with van der Waals surface area (Å²) in [5, 5.41) is 2.83. The molecule has 2 amide bonds. The molecular weight excluding hydrogens is 304 g/mol. The normalized spacial score (nSPS) is 15.5. The smallest absolute Gasteiger partial charge is 0.322 e. The molecule has 0 unspecified atom stereocenters. The van der Waals surface area contributed by atoms with Crippen LogP contribution in [-0.4, -0.2) is 33.4 Å². The molecule has 0 radical (unpaired) electrons. The third-order valence-corrected chi connectivity index (χ3v) is 4.86. The fourth-order valence-electron chi connectivity index (χ4n) is 3.11. The number of hydrogen-bond donors (Lipinski definition) is 1.